The minimum atomic E-state index is -1.35. The fraction of sp³-hybridized carbons (Fsp3) is 0.571. The molecule has 0 aliphatic heterocycles. The molecule has 0 radical (unpaired) electrons. The van der Waals surface area contributed by atoms with Crippen molar-refractivity contribution in [1.82, 2.24) is 0 Å². The van der Waals surface area contributed by atoms with Crippen LogP contribution in [0.4, 0.5) is 0 Å². The van der Waals surface area contributed by atoms with Gasteiger partial charge in [0.25, 0.3) is 0 Å². The lowest BCUT2D eigenvalue weighted by molar-refractivity contribution is -0.132. The van der Waals surface area contributed by atoms with Crippen molar-refractivity contribution in [2.75, 3.05) is 0 Å². The quantitative estimate of drug-likeness (QED) is 0.394. The molecule has 11 heavy (non-hydrogen) atoms. The summed E-state index contributed by atoms with van der Waals surface area (Å²) in [5, 5.41) is 25.1. The molecule has 0 aliphatic carbocycles. The van der Waals surface area contributed by atoms with Crippen LogP contribution in [0.3, 0.4) is 0 Å². The van der Waals surface area contributed by atoms with Gasteiger partial charge < -0.3 is 15.3 Å². The largest absolute Gasteiger partial charge is 0.478 e. The number of carboxylic acid groups (broad SMARTS) is 1. The molecule has 4 nitrogen and oxygen atoms in total. The fourth-order valence-electron chi connectivity index (χ4n) is 0.605. The Morgan fingerprint density at radius 3 is 2.36 bits per heavy atom. The van der Waals surface area contributed by atoms with Crippen LogP contribution in [0.15, 0.2) is 12.2 Å². The number of carbonyl (C=O) groups is 1. The van der Waals surface area contributed by atoms with Crippen LogP contribution in [0.5, 0.6) is 0 Å². The van der Waals surface area contributed by atoms with E-state index in [0.29, 0.717) is 12.8 Å². The van der Waals surface area contributed by atoms with Crippen molar-refractivity contribution in [3.63, 3.8) is 0 Å². The van der Waals surface area contributed by atoms with Gasteiger partial charge in [0.05, 0.1) is 0 Å². The number of hydrogen-bond donors (Lipinski definition) is 3. The molecule has 0 bridgehead atoms. The molecule has 0 aromatic carbocycles. The van der Waals surface area contributed by atoms with Crippen LogP contribution >= 0.6 is 0 Å². The predicted octanol–water partition coefficient (Wildman–Crippen LogP) is 0.108. The summed E-state index contributed by atoms with van der Waals surface area (Å²) in [4.78, 5) is 10.2. The van der Waals surface area contributed by atoms with Gasteiger partial charge in [-0.3, -0.25) is 0 Å². The highest BCUT2D eigenvalue weighted by atomic mass is 16.5. The monoisotopic (exact) mass is 160 g/mol. The standard InChI is InChI=1S/C7H12O4/c1-5(7(10)11)3-2-4-6(8)9/h6,8-9H,1-4H2,(H,10,11). The summed E-state index contributed by atoms with van der Waals surface area (Å²) in [5.41, 5.74) is 0.102. The van der Waals surface area contributed by atoms with E-state index in [4.69, 9.17) is 15.3 Å². The van der Waals surface area contributed by atoms with Crippen molar-refractivity contribution >= 4 is 5.97 Å². The first-order chi connectivity index (χ1) is 5.04. The van der Waals surface area contributed by atoms with E-state index in [1.807, 2.05) is 0 Å². The highest BCUT2D eigenvalue weighted by Crippen LogP contribution is 2.06. The Kier molecular flexibility index (Phi) is 4.49. The van der Waals surface area contributed by atoms with Gasteiger partial charge in [0.2, 0.25) is 0 Å². The lowest BCUT2D eigenvalue weighted by Gasteiger charge is -2.01. The molecule has 0 aromatic rings. The zero-order valence-corrected chi connectivity index (χ0v) is 6.16. The van der Waals surface area contributed by atoms with Gasteiger partial charge in [-0.15, -0.1) is 0 Å². The summed E-state index contributed by atoms with van der Waals surface area (Å²) in [6.45, 7) is 3.29. The highest BCUT2D eigenvalue weighted by molar-refractivity contribution is 5.85. The van der Waals surface area contributed by atoms with Crippen LogP contribution in [-0.4, -0.2) is 27.6 Å². The Morgan fingerprint density at radius 1 is 1.45 bits per heavy atom. The molecule has 0 saturated heterocycles. The van der Waals surface area contributed by atoms with Gasteiger partial charge in [0.15, 0.2) is 6.29 Å². The van der Waals surface area contributed by atoms with E-state index in [1.165, 1.54) is 0 Å². The maximum atomic E-state index is 10.2. The van der Waals surface area contributed by atoms with Gasteiger partial charge in [-0.05, 0) is 19.3 Å². The van der Waals surface area contributed by atoms with E-state index in [0.717, 1.165) is 0 Å². The van der Waals surface area contributed by atoms with Crippen LogP contribution in [0.1, 0.15) is 19.3 Å². The molecule has 64 valence electrons. The number of carboxylic acids is 1. The molecule has 4 heteroatoms. The Hall–Kier alpha value is -0.870. The van der Waals surface area contributed by atoms with Gasteiger partial charge >= 0.3 is 5.97 Å². The first-order valence-electron chi connectivity index (χ1n) is 3.31. The molecule has 0 aromatic heterocycles. The third kappa shape index (κ3) is 5.57. The summed E-state index contributed by atoms with van der Waals surface area (Å²) in [6, 6.07) is 0. The lowest BCUT2D eigenvalue weighted by Crippen LogP contribution is -2.05. The van der Waals surface area contributed by atoms with Crippen LogP contribution in [0, 0.1) is 0 Å². The van der Waals surface area contributed by atoms with E-state index in [-0.39, 0.29) is 12.0 Å². The zero-order chi connectivity index (χ0) is 8.85. The SMILES string of the molecule is C=C(CCCC(O)O)C(=O)O. The maximum Gasteiger partial charge on any atom is 0.330 e. The summed E-state index contributed by atoms with van der Waals surface area (Å²) >= 11 is 0. The predicted molar refractivity (Wildman–Crippen MR) is 38.9 cm³/mol. The smallest absolute Gasteiger partial charge is 0.330 e. The maximum absolute atomic E-state index is 10.2. The molecule has 0 spiro atoms. The topological polar surface area (TPSA) is 77.8 Å². The van der Waals surface area contributed by atoms with Crippen LogP contribution < -0.4 is 0 Å². The molecule has 0 heterocycles. The molecule has 0 unspecified atom stereocenters. The van der Waals surface area contributed by atoms with Gasteiger partial charge in [-0.1, -0.05) is 6.58 Å². The average molecular weight is 160 g/mol. The second-order valence-electron chi connectivity index (χ2n) is 2.28. The van der Waals surface area contributed by atoms with Crippen LogP contribution in [0.2, 0.25) is 0 Å². The van der Waals surface area contributed by atoms with Crippen molar-refractivity contribution in [1.29, 1.82) is 0 Å². The van der Waals surface area contributed by atoms with Crippen molar-refractivity contribution in [3.05, 3.63) is 12.2 Å². The van der Waals surface area contributed by atoms with E-state index >= 15 is 0 Å². The molecule has 3 N–H and O–H groups in total. The van der Waals surface area contributed by atoms with E-state index in [1.54, 1.807) is 0 Å². The van der Waals surface area contributed by atoms with E-state index < -0.39 is 12.3 Å². The van der Waals surface area contributed by atoms with Crippen molar-refractivity contribution < 1.29 is 20.1 Å². The lowest BCUT2D eigenvalue weighted by atomic mass is 10.1. The van der Waals surface area contributed by atoms with Crippen LogP contribution in [-0.2, 0) is 4.79 Å². The second-order valence-corrected chi connectivity index (χ2v) is 2.28. The van der Waals surface area contributed by atoms with Gasteiger partial charge in [0.1, 0.15) is 0 Å². The zero-order valence-electron chi connectivity index (χ0n) is 6.16. The van der Waals surface area contributed by atoms with Crippen molar-refractivity contribution in [2.24, 2.45) is 0 Å². The minimum absolute atomic E-state index is 0.102. The van der Waals surface area contributed by atoms with Crippen molar-refractivity contribution in [3.8, 4) is 0 Å². The molecule has 0 rings (SSSR count). The minimum Gasteiger partial charge on any atom is -0.478 e. The molecule has 0 aliphatic rings. The first-order valence-corrected chi connectivity index (χ1v) is 3.31. The highest BCUT2D eigenvalue weighted by Gasteiger charge is 2.04. The molecular weight excluding hydrogens is 148 g/mol. The van der Waals surface area contributed by atoms with Gasteiger partial charge in [-0.2, -0.15) is 0 Å². The van der Waals surface area contributed by atoms with Crippen molar-refractivity contribution in [2.45, 2.75) is 25.6 Å². The van der Waals surface area contributed by atoms with E-state index in [9.17, 15) is 4.79 Å². The third-order valence-corrected chi connectivity index (χ3v) is 1.24. The number of aliphatic carboxylic acids is 1. The summed E-state index contributed by atoms with van der Waals surface area (Å²) < 4.78 is 0. The summed E-state index contributed by atoms with van der Waals surface area (Å²) in [7, 11) is 0. The fourth-order valence-corrected chi connectivity index (χ4v) is 0.605. The Balaban J connectivity index is 3.40. The molecule has 0 amide bonds. The number of hydrogen-bond acceptors (Lipinski definition) is 3. The molecule has 0 fully saturated rings. The van der Waals surface area contributed by atoms with E-state index in [2.05, 4.69) is 6.58 Å². The Bertz CT molecular complexity index is 151. The molecular formula is C7H12O4. The number of aliphatic hydroxyl groups is 2. The van der Waals surface area contributed by atoms with Crippen LogP contribution in [0.25, 0.3) is 0 Å². The van der Waals surface area contributed by atoms with Gasteiger partial charge in [-0.25, -0.2) is 4.79 Å². The average Bonchev–Trinajstić information content (AvgIpc) is 1.86. The Morgan fingerprint density at radius 2 is 2.00 bits per heavy atom. The van der Waals surface area contributed by atoms with Gasteiger partial charge in [0, 0.05) is 5.57 Å². The third-order valence-electron chi connectivity index (χ3n) is 1.24. The second kappa shape index (κ2) is 4.87. The molecule has 0 atom stereocenters. The number of aliphatic hydroxyl groups excluding tert-OH is 1. The molecule has 0 saturated carbocycles. The summed E-state index contributed by atoms with van der Waals surface area (Å²) in [5.74, 6) is -1.03. The normalized spacial score (nSPS) is 10.1. The number of rotatable bonds is 5. The first kappa shape index (κ1) is 10.1. The Labute approximate surface area is 64.8 Å². The summed E-state index contributed by atoms with van der Waals surface area (Å²) in [6.07, 6.45) is -0.432.